The molecule has 0 saturated carbocycles. The first-order chi connectivity index (χ1) is 18.7. The molecule has 0 amide bonds. The van der Waals surface area contributed by atoms with E-state index in [1.54, 1.807) is 0 Å². The average Bonchev–Trinajstić information content (AvgIpc) is 3.52. The van der Waals surface area contributed by atoms with Gasteiger partial charge in [0.1, 0.15) is 11.2 Å². The van der Waals surface area contributed by atoms with E-state index >= 15 is 0 Å². The Hall–Kier alpha value is -5.18. The van der Waals surface area contributed by atoms with Crippen LogP contribution in [0.5, 0.6) is 0 Å². The Balaban J connectivity index is 1.62. The number of benzene rings is 5. The summed E-state index contributed by atoms with van der Waals surface area (Å²) in [4.78, 5) is 0. The van der Waals surface area contributed by atoms with Crippen molar-refractivity contribution >= 4 is 43.9 Å². The van der Waals surface area contributed by atoms with Crippen LogP contribution in [0, 0.1) is 37.5 Å². The van der Waals surface area contributed by atoms with E-state index in [2.05, 4.69) is 73.9 Å². The fraction of sp³-hybridized carbons (Fsp3) is 0.0556. The third kappa shape index (κ3) is 3.64. The van der Waals surface area contributed by atoms with Gasteiger partial charge in [0.25, 0.3) is 0 Å². The monoisotopic (exact) mass is 486 g/mol. The molecular formula is C36H22O2. The molecular weight excluding hydrogens is 464 g/mol. The first-order valence-electron chi connectivity index (χ1n) is 12.6. The van der Waals surface area contributed by atoms with E-state index in [0.717, 1.165) is 66.1 Å². The largest absolute Gasteiger partial charge is 0.455 e. The predicted octanol–water partition coefficient (Wildman–Crippen LogP) is 8.90. The molecule has 2 nitrogen and oxygen atoms in total. The maximum absolute atomic E-state index is 6.51. The summed E-state index contributed by atoms with van der Waals surface area (Å²) in [7, 11) is 0. The molecule has 0 aliphatic heterocycles. The Morgan fingerprint density at radius 1 is 0.447 bits per heavy atom. The fourth-order valence-corrected chi connectivity index (χ4v) is 4.95. The van der Waals surface area contributed by atoms with Crippen LogP contribution in [0.1, 0.15) is 33.4 Å². The van der Waals surface area contributed by atoms with Gasteiger partial charge >= 0.3 is 0 Å². The van der Waals surface area contributed by atoms with Crippen molar-refractivity contribution in [2.45, 2.75) is 13.8 Å². The minimum Gasteiger partial charge on any atom is -0.455 e. The van der Waals surface area contributed by atoms with E-state index in [1.807, 2.05) is 60.7 Å². The number of hydrogen-bond acceptors (Lipinski definition) is 2. The highest BCUT2D eigenvalue weighted by molar-refractivity contribution is 6.21. The van der Waals surface area contributed by atoms with Crippen LogP contribution < -0.4 is 0 Å². The first-order valence-corrected chi connectivity index (χ1v) is 12.6. The van der Waals surface area contributed by atoms with Crippen molar-refractivity contribution in [2.75, 3.05) is 0 Å². The summed E-state index contributed by atoms with van der Waals surface area (Å²) in [5, 5.41) is 3.85. The Morgan fingerprint density at radius 2 is 0.842 bits per heavy atom. The van der Waals surface area contributed by atoms with Crippen molar-refractivity contribution in [3.63, 3.8) is 0 Å². The molecule has 7 rings (SSSR count). The third-order valence-corrected chi connectivity index (χ3v) is 6.91. The molecule has 0 aliphatic rings. The predicted molar refractivity (Wildman–Crippen MR) is 155 cm³/mol. The van der Waals surface area contributed by atoms with Gasteiger partial charge in [-0.25, -0.2) is 0 Å². The van der Waals surface area contributed by atoms with Crippen molar-refractivity contribution in [3.8, 4) is 23.7 Å². The Kier molecular flexibility index (Phi) is 5.07. The van der Waals surface area contributed by atoms with Crippen LogP contribution in [0.3, 0.4) is 0 Å². The number of furan rings is 2. The second-order valence-electron chi connectivity index (χ2n) is 9.59. The number of hydrogen-bond donors (Lipinski definition) is 0. The van der Waals surface area contributed by atoms with Gasteiger partial charge in [-0.1, -0.05) is 95.5 Å². The van der Waals surface area contributed by atoms with Crippen LogP contribution in [-0.2, 0) is 0 Å². The quantitative estimate of drug-likeness (QED) is 0.200. The Bertz CT molecular complexity index is 1970. The molecule has 7 aromatic rings. The van der Waals surface area contributed by atoms with E-state index in [0.29, 0.717) is 0 Å². The minimum absolute atomic E-state index is 0.734. The van der Waals surface area contributed by atoms with Gasteiger partial charge in [0, 0.05) is 32.7 Å². The summed E-state index contributed by atoms with van der Waals surface area (Å²) in [6.07, 6.45) is 0. The zero-order valence-corrected chi connectivity index (χ0v) is 21.1. The minimum atomic E-state index is 0.734. The fourth-order valence-electron chi connectivity index (χ4n) is 4.95. The van der Waals surface area contributed by atoms with Crippen LogP contribution in [-0.4, -0.2) is 0 Å². The maximum atomic E-state index is 6.51. The molecule has 0 saturated heterocycles. The van der Waals surface area contributed by atoms with Crippen molar-refractivity contribution in [1.82, 2.24) is 0 Å². The second kappa shape index (κ2) is 8.74. The molecule has 0 aliphatic carbocycles. The molecule has 2 heterocycles. The van der Waals surface area contributed by atoms with Gasteiger partial charge in [0.2, 0.25) is 0 Å². The standard InChI is InChI=1S/C36H22O2/c1-23-11-15-25(16-12-23)19-21-29-33-27-7-3-5-9-31(27)38-36(33)30(22-20-26-17-13-24(2)14-18-26)34-28-8-4-6-10-32(28)37-35(29)34/h3-18H,1-2H3. The van der Waals surface area contributed by atoms with E-state index in [1.165, 1.54) is 11.1 Å². The highest BCUT2D eigenvalue weighted by Gasteiger charge is 2.23. The van der Waals surface area contributed by atoms with Gasteiger partial charge in [0.05, 0.1) is 11.1 Å². The molecule has 0 spiro atoms. The lowest BCUT2D eigenvalue weighted by molar-refractivity contribution is 0.662. The third-order valence-electron chi connectivity index (χ3n) is 6.91. The van der Waals surface area contributed by atoms with Crippen LogP contribution in [0.25, 0.3) is 43.9 Å². The number of aryl methyl sites for hydroxylation is 2. The maximum Gasteiger partial charge on any atom is 0.153 e. The molecule has 0 bridgehead atoms. The van der Waals surface area contributed by atoms with Crippen LogP contribution in [0.2, 0.25) is 0 Å². The zero-order chi connectivity index (χ0) is 25.6. The van der Waals surface area contributed by atoms with Crippen LogP contribution in [0.4, 0.5) is 0 Å². The average molecular weight is 487 g/mol. The lowest BCUT2D eigenvalue weighted by Gasteiger charge is -2.02. The molecule has 2 aromatic heterocycles. The van der Waals surface area contributed by atoms with E-state index in [4.69, 9.17) is 8.83 Å². The summed E-state index contributed by atoms with van der Waals surface area (Å²) in [6, 6.07) is 32.6. The highest BCUT2D eigenvalue weighted by Crippen LogP contribution is 2.42. The summed E-state index contributed by atoms with van der Waals surface area (Å²) >= 11 is 0. The van der Waals surface area contributed by atoms with Crippen molar-refractivity contribution in [3.05, 3.63) is 130 Å². The van der Waals surface area contributed by atoms with Gasteiger partial charge in [-0.2, -0.15) is 0 Å². The van der Waals surface area contributed by atoms with Crippen molar-refractivity contribution in [1.29, 1.82) is 0 Å². The SMILES string of the molecule is Cc1ccc(C#Cc2c3oc4ccccc4c3c(C#Cc3ccc(C)cc3)c3oc4ccccc4c23)cc1. The molecule has 0 unspecified atom stereocenters. The van der Waals surface area contributed by atoms with Crippen molar-refractivity contribution in [2.24, 2.45) is 0 Å². The molecule has 38 heavy (non-hydrogen) atoms. The van der Waals surface area contributed by atoms with E-state index in [-0.39, 0.29) is 0 Å². The molecule has 0 fully saturated rings. The molecule has 178 valence electrons. The highest BCUT2D eigenvalue weighted by atomic mass is 16.3. The number of rotatable bonds is 0. The summed E-state index contributed by atoms with van der Waals surface area (Å²) in [5.74, 6) is 13.7. The number of para-hydroxylation sites is 2. The second-order valence-corrected chi connectivity index (χ2v) is 9.59. The van der Waals surface area contributed by atoms with E-state index in [9.17, 15) is 0 Å². The lowest BCUT2D eigenvalue weighted by Crippen LogP contribution is -1.87. The first kappa shape index (κ1) is 22.1. The van der Waals surface area contributed by atoms with Gasteiger partial charge in [-0.3, -0.25) is 0 Å². The molecule has 5 aromatic carbocycles. The van der Waals surface area contributed by atoms with Gasteiger partial charge in [-0.05, 0) is 50.2 Å². The number of fused-ring (bicyclic) bond motifs is 6. The zero-order valence-electron chi connectivity index (χ0n) is 21.1. The van der Waals surface area contributed by atoms with Crippen LogP contribution in [0.15, 0.2) is 106 Å². The smallest absolute Gasteiger partial charge is 0.153 e. The van der Waals surface area contributed by atoms with Gasteiger partial charge in [-0.15, -0.1) is 0 Å². The summed E-state index contributed by atoms with van der Waals surface area (Å²) < 4.78 is 13.0. The molecule has 0 atom stereocenters. The van der Waals surface area contributed by atoms with Gasteiger partial charge < -0.3 is 8.83 Å². The molecule has 0 N–H and O–H groups in total. The molecule has 2 heteroatoms. The topological polar surface area (TPSA) is 26.3 Å². The van der Waals surface area contributed by atoms with E-state index < -0.39 is 0 Å². The normalized spacial score (nSPS) is 11.0. The summed E-state index contributed by atoms with van der Waals surface area (Å²) in [6.45, 7) is 4.15. The Morgan fingerprint density at radius 3 is 1.26 bits per heavy atom. The van der Waals surface area contributed by atoms with Gasteiger partial charge in [0.15, 0.2) is 11.2 Å². The lowest BCUT2D eigenvalue weighted by atomic mass is 9.97. The van der Waals surface area contributed by atoms with Crippen LogP contribution >= 0.6 is 0 Å². The summed E-state index contributed by atoms with van der Waals surface area (Å²) in [5.41, 5.74) is 9.01. The Labute approximate surface area is 220 Å². The van der Waals surface area contributed by atoms with Crippen molar-refractivity contribution < 1.29 is 8.83 Å². The molecule has 0 radical (unpaired) electrons.